The normalized spacial score (nSPS) is 14.9. The molecule has 2 amide bonds. The molecule has 1 aliphatic rings. The number of piperazine rings is 1. The summed E-state index contributed by atoms with van der Waals surface area (Å²) in [6.45, 7) is 5.26. The number of hydrogen-bond donors (Lipinski definition) is 2. The predicted molar refractivity (Wildman–Crippen MR) is 146 cm³/mol. The van der Waals surface area contributed by atoms with Crippen molar-refractivity contribution in [2.75, 3.05) is 44.6 Å². The number of carbonyl (C=O) groups is 1. The van der Waals surface area contributed by atoms with Gasteiger partial charge in [-0.15, -0.1) is 11.3 Å². The van der Waals surface area contributed by atoms with Gasteiger partial charge in [0.25, 0.3) is 0 Å². The highest BCUT2D eigenvalue weighted by Gasteiger charge is 2.23. The number of hydrogen-bond acceptors (Lipinski definition) is 7. The van der Waals surface area contributed by atoms with E-state index in [0.717, 1.165) is 21.0 Å². The fourth-order valence-corrected chi connectivity index (χ4v) is 5.03. The number of benzene rings is 3. The number of ether oxygens (including phenoxy) is 2. The number of nitrogens with one attached hydrogen (secondary N) is 1. The predicted octanol–water partition coefficient (Wildman–Crippen LogP) is 4.99. The molecule has 9 heteroatoms. The first-order chi connectivity index (χ1) is 18.0. The first-order valence-corrected chi connectivity index (χ1v) is 13.1. The van der Waals surface area contributed by atoms with Gasteiger partial charge in [0.05, 0.1) is 15.2 Å². The Kier molecular flexibility index (Phi) is 7.84. The molecular weight excluding hydrogens is 488 g/mol. The molecule has 2 N–H and O–H groups in total. The van der Waals surface area contributed by atoms with Crippen LogP contribution in [0.4, 0.5) is 10.5 Å². The van der Waals surface area contributed by atoms with Crippen molar-refractivity contribution in [1.29, 1.82) is 0 Å². The number of aromatic nitrogens is 1. The third kappa shape index (κ3) is 6.76. The van der Waals surface area contributed by atoms with E-state index in [1.807, 2.05) is 79.7 Å². The van der Waals surface area contributed by atoms with Crippen LogP contribution < -0.4 is 14.8 Å². The van der Waals surface area contributed by atoms with E-state index in [1.54, 1.807) is 16.2 Å². The number of anilines is 1. The van der Waals surface area contributed by atoms with Crippen LogP contribution >= 0.6 is 11.3 Å². The summed E-state index contributed by atoms with van der Waals surface area (Å²) in [7, 11) is 0. The molecule has 0 unspecified atom stereocenters. The minimum Gasteiger partial charge on any atom is -0.491 e. The molecule has 8 nitrogen and oxygen atoms in total. The molecule has 0 radical (unpaired) electrons. The lowest BCUT2D eigenvalue weighted by Gasteiger charge is -2.35. The van der Waals surface area contributed by atoms with E-state index in [1.165, 1.54) is 0 Å². The Morgan fingerprint density at radius 1 is 1.00 bits per heavy atom. The van der Waals surface area contributed by atoms with Gasteiger partial charge in [0.1, 0.15) is 30.0 Å². The zero-order chi connectivity index (χ0) is 25.6. The van der Waals surface area contributed by atoms with Crippen molar-refractivity contribution in [1.82, 2.24) is 14.8 Å². The third-order valence-corrected chi connectivity index (χ3v) is 7.07. The Hall–Kier alpha value is -3.66. The van der Waals surface area contributed by atoms with Gasteiger partial charge in [-0.25, -0.2) is 9.78 Å². The summed E-state index contributed by atoms with van der Waals surface area (Å²) < 4.78 is 12.7. The first-order valence-electron chi connectivity index (χ1n) is 12.3. The Morgan fingerprint density at radius 2 is 1.70 bits per heavy atom. The third-order valence-electron chi connectivity index (χ3n) is 6.12. The molecule has 0 spiro atoms. The average Bonchev–Trinajstić information content (AvgIpc) is 3.29. The number of amides is 2. The molecule has 0 aliphatic carbocycles. The van der Waals surface area contributed by atoms with Crippen LogP contribution in [0.1, 0.15) is 5.01 Å². The van der Waals surface area contributed by atoms with Crippen LogP contribution in [-0.4, -0.2) is 71.4 Å². The molecule has 5 rings (SSSR count). The van der Waals surface area contributed by atoms with E-state index in [-0.39, 0.29) is 12.6 Å². The van der Waals surface area contributed by atoms with Crippen molar-refractivity contribution in [3.8, 4) is 17.2 Å². The van der Waals surface area contributed by atoms with E-state index in [2.05, 4.69) is 15.2 Å². The van der Waals surface area contributed by atoms with Crippen molar-refractivity contribution in [3.63, 3.8) is 0 Å². The van der Waals surface area contributed by atoms with Crippen molar-refractivity contribution in [2.45, 2.75) is 13.0 Å². The number of aryl methyl sites for hydroxylation is 1. The summed E-state index contributed by atoms with van der Waals surface area (Å²) in [6.07, 6.45) is -0.620. The molecule has 0 saturated carbocycles. The quantitative estimate of drug-likeness (QED) is 0.342. The van der Waals surface area contributed by atoms with Gasteiger partial charge in [-0.05, 0) is 55.5 Å². The fourth-order valence-electron chi connectivity index (χ4n) is 4.22. The number of nitrogens with zero attached hydrogens (tertiary/aromatic N) is 3. The molecule has 3 aromatic carbocycles. The van der Waals surface area contributed by atoms with Gasteiger partial charge < -0.3 is 24.8 Å². The maximum absolute atomic E-state index is 12.7. The maximum atomic E-state index is 12.7. The number of thiazole rings is 1. The highest BCUT2D eigenvalue weighted by atomic mass is 32.1. The van der Waals surface area contributed by atoms with Crippen molar-refractivity contribution >= 4 is 33.3 Å². The minimum atomic E-state index is -0.620. The van der Waals surface area contributed by atoms with Crippen molar-refractivity contribution in [3.05, 3.63) is 77.8 Å². The van der Waals surface area contributed by atoms with Crippen LogP contribution in [0.2, 0.25) is 0 Å². The maximum Gasteiger partial charge on any atom is 0.321 e. The summed E-state index contributed by atoms with van der Waals surface area (Å²) in [4.78, 5) is 21.1. The summed E-state index contributed by atoms with van der Waals surface area (Å²) in [5, 5.41) is 14.5. The largest absolute Gasteiger partial charge is 0.491 e. The van der Waals surface area contributed by atoms with Gasteiger partial charge in [0.15, 0.2) is 0 Å². The zero-order valence-corrected chi connectivity index (χ0v) is 21.5. The summed E-state index contributed by atoms with van der Waals surface area (Å²) >= 11 is 1.65. The average molecular weight is 519 g/mol. The number of β-amino-alcohol motifs (C(OH)–C–C–N with tert-alkyl or cyclic N) is 1. The van der Waals surface area contributed by atoms with Crippen LogP contribution in [0.5, 0.6) is 17.2 Å². The molecule has 37 heavy (non-hydrogen) atoms. The minimum absolute atomic E-state index is 0.132. The second kappa shape index (κ2) is 11.6. The monoisotopic (exact) mass is 518 g/mol. The topological polar surface area (TPSA) is 87.2 Å². The van der Waals surface area contributed by atoms with Crippen molar-refractivity contribution in [2.24, 2.45) is 0 Å². The Labute approximate surface area is 220 Å². The van der Waals surface area contributed by atoms with Crippen LogP contribution in [0.3, 0.4) is 0 Å². The summed E-state index contributed by atoms with van der Waals surface area (Å²) in [6, 6.07) is 22.6. The van der Waals surface area contributed by atoms with Crippen LogP contribution in [-0.2, 0) is 0 Å². The number of fused-ring (bicyclic) bond motifs is 1. The lowest BCUT2D eigenvalue weighted by molar-refractivity contribution is 0.0526. The number of urea groups is 1. The molecule has 1 saturated heterocycles. The van der Waals surface area contributed by atoms with Gasteiger partial charge in [-0.1, -0.05) is 18.2 Å². The molecule has 1 fully saturated rings. The number of rotatable bonds is 8. The molecule has 0 bridgehead atoms. The smallest absolute Gasteiger partial charge is 0.321 e. The van der Waals surface area contributed by atoms with Crippen molar-refractivity contribution < 1.29 is 19.4 Å². The molecule has 1 atom stereocenters. The fraction of sp³-hybridized carbons (Fsp3) is 0.286. The van der Waals surface area contributed by atoms with Crippen LogP contribution in [0, 0.1) is 6.92 Å². The van der Waals surface area contributed by atoms with Crippen LogP contribution in [0.15, 0.2) is 72.8 Å². The highest BCUT2D eigenvalue weighted by Crippen LogP contribution is 2.26. The number of aliphatic hydroxyl groups is 1. The summed E-state index contributed by atoms with van der Waals surface area (Å²) in [5.74, 6) is 2.18. The Morgan fingerprint density at radius 3 is 2.46 bits per heavy atom. The van der Waals surface area contributed by atoms with Gasteiger partial charge in [-0.3, -0.25) is 4.90 Å². The zero-order valence-electron chi connectivity index (χ0n) is 20.7. The van der Waals surface area contributed by atoms with Crippen LogP contribution in [0.25, 0.3) is 10.2 Å². The van der Waals surface area contributed by atoms with E-state index < -0.39 is 6.10 Å². The molecule has 1 aromatic heterocycles. The lowest BCUT2D eigenvalue weighted by atomic mass is 10.2. The van der Waals surface area contributed by atoms with E-state index in [9.17, 15) is 9.90 Å². The number of para-hydroxylation sites is 1. The standard InChI is InChI=1S/C28H30N4O4S/c1-20-29-26-17-25(11-12-27(26)37-20)35-19-22(33)18-31-13-15-32(16-14-31)28(34)30-21-7-9-24(10-8-21)36-23-5-3-2-4-6-23/h2-12,17,22,33H,13-16,18-19H2,1H3,(H,30,34)/t22-/m1/s1. The summed E-state index contributed by atoms with van der Waals surface area (Å²) in [5.41, 5.74) is 1.63. The van der Waals surface area contributed by atoms with E-state index >= 15 is 0 Å². The SMILES string of the molecule is Cc1nc2cc(OC[C@H](O)CN3CCN(C(=O)Nc4ccc(Oc5ccccc5)cc4)CC3)ccc2s1. The second-order valence-electron chi connectivity index (χ2n) is 8.98. The van der Waals surface area contributed by atoms with E-state index in [4.69, 9.17) is 9.47 Å². The highest BCUT2D eigenvalue weighted by molar-refractivity contribution is 7.18. The van der Waals surface area contributed by atoms with Gasteiger partial charge in [0.2, 0.25) is 0 Å². The van der Waals surface area contributed by atoms with Gasteiger partial charge >= 0.3 is 6.03 Å². The van der Waals surface area contributed by atoms with Gasteiger partial charge in [-0.2, -0.15) is 0 Å². The lowest BCUT2D eigenvalue weighted by Crippen LogP contribution is -2.51. The Bertz CT molecular complexity index is 1320. The van der Waals surface area contributed by atoms with Gasteiger partial charge in [0, 0.05) is 44.5 Å². The molecular formula is C28H30N4O4S. The number of carbonyl (C=O) groups excluding carboxylic acids is 1. The molecule has 192 valence electrons. The molecule has 1 aliphatic heterocycles. The number of aliphatic hydroxyl groups excluding tert-OH is 1. The first kappa shape index (κ1) is 25.0. The Balaban J connectivity index is 1.03. The molecule has 2 heterocycles. The molecule has 4 aromatic rings. The van der Waals surface area contributed by atoms with E-state index in [0.29, 0.717) is 49.9 Å². The second-order valence-corrected chi connectivity index (χ2v) is 10.2.